The van der Waals surface area contributed by atoms with Crippen molar-refractivity contribution in [3.8, 4) is 0 Å². The topological polar surface area (TPSA) is 107 Å². The van der Waals surface area contributed by atoms with Crippen molar-refractivity contribution >= 4 is 29.4 Å². The van der Waals surface area contributed by atoms with Crippen molar-refractivity contribution in [3.63, 3.8) is 0 Å². The Morgan fingerprint density at radius 3 is 2.87 bits per heavy atom. The lowest BCUT2D eigenvalue weighted by molar-refractivity contribution is -0.199. The number of carboxylic acid groups (broad SMARTS) is 1. The first-order valence-corrected chi connectivity index (χ1v) is 10.0. The monoisotopic (exact) mass is 435 g/mol. The van der Waals surface area contributed by atoms with Gasteiger partial charge in [0.15, 0.2) is 17.4 Å². The van der Waals surface area contributed by atoms with Crippen LogP contribution < -0.4 is 5.32 Å². The summed E-state index contributed by atoms with van der Waals surface area (Å²) in [5, 5.41) is 16.0. The molecule has 0 amide bonds. The number of aliphatic carboxylic acids is 1. The second-order valence-corrected chi connectivity index (χ2v) is 7.83. The summed E-state index contributed by atoms with van der Waals surface area (Å²) in [7, 11) is 3.53. The number of Topliss-reactive ketones (excluding diaryl/α,β-unsaturated/α-hetero) is 1. The molecule has 0 saturated carbocycles. The normalized spacial score (nSPS) is 26.9. The van der Waals surface area contributed by atoms with E-state index in [0.717, 1.165) is 6.08 Å². The van der Waals surface area contributed by atoms with Gasteiger partial charge in [-0.15, -0.1) is 11.3 Å². The van der Waals surface area contributed by atoms with Gasteiger partial charge in [0.05, 0.1) is 11.3 Å². The van der Waals surface area contributed by atoms with Gasteiger partial charge in [-0.2, -0.15) is 5.06 Å². The quantitative estimate of drug-likeness (QED) is 0.509. The van der Waals surface area contributed by atoms with Gasteiger partial charge in [0, 0.05) is 50.8 Å². The zero-order chi connectivity index (χ0) is 21.7. The third-order valence-corrected chi connectivity index (χ3v) is 5.14. The van der Waals surface area contributed by atoms with E-state index >= 15 is 4.39 Å². The Kier molecular flexibility index (Phi) is 7.08. The number of hydrogen-bond donors (Lipinski definition) is 2. The summed E-state index contributed by atoms with van der Waals surface area (Å²) >= 11 is 1.30. The van der Waals surface area contributed by atoms with E-state index in [4.69, 9.17) is 4.84 Å². The number of carboxylic acids is 1. The summed E-state index contributed by atoms with van der Waals surface area (Å²) in [5.41, 5.74) is 0.00992. The van der Waals surface area contributed by atoms with Gasteiger partial charge in [-0.3, -0.25) is 14.4 Å². The third kappa shape index (κ3) is 5.38. The van der Waals surface area contributed by atoms with Gasteiger partial charge < -0.3 is 15.3 Å². The van der Waals surface area contributed by atoms with Crippen LogP contribution in [0.1, 0.15) is 5.01 Å². The number of nitrogens with one attached hydrogen (secondary N) is 1. The standard InChI is InChI=1S/C19H22FN5O4S/c1-24(2)29-13-9-25(10-13)18-15(20)7-12(8-16-22-5-6-30-16)17(26)14(19(27)28)3-4-21-11-23-18/h3-7,11,13-14H,8-10H2,1-2H3,(H,21,23)(H,27,28)/b4-3+,12-7+,18-15-. The molecule has 0 spiro atoms. The second-order valence-electron chi connectivity index (χ2n) is 6.85. The van der Waals surface area contributed by atoms with Crippen LogP contribution >= 0.6 is 11.3 Å². The SMILES string of the molecule is CN(C)OC1CN(C2=C(F)/C=C(\Cc3nccs3)C(=O)C(C(=O)O)/C=C/N\C=N\2)C1. The lowest BCUT2D eigenvalue weighted by atomic mass is 9.95. The molecule has 0 aromatic carbocycles. The first-order valence-electron chi connectivity index (χ1n) is 9.15. The second kappa shape index (κ2) is 9.74. The fourth-order valence-electron chi connectivity index (χ4n) is 2.98. The van der Waals surface area contributed by atoms with Crippen LogP contribution in [0.15, 0.2) is 52.1 Å². The number of hydroxylamine groups is 2. The zero-order valence-electron chi connectivity index (χ0n) is 16.5. The van der Waals surface area contributed by atoms with Crippen LogP contribution in [0, 0.1) is 5.92 Å². The predicted octanol–water partition coefficient (Wildman–Crippen LogP) is 1.34. The van der Waals surface area contributed by atoms with Gasteiger partial charge in [-0.05, 0) is 18.4 Å². The van der Waals surface area contributed by atoms with E-state index < -0.39 is 23.5 Å². The fraction of sp³-hybridized carbons (Fsp3) is 0.368. The van der Waals surface area contributed by atoms with E-state index in [1.165, 1.54) is 30.0 Å². The number of carbonyl (C=O) groups is 2. The molecule has 1 saturated heterocycles. The van der Waals surface area contributed by atoms with Crippen LogP contribution in [-0.4, -0.2) is 71.4 Å². The molecule has 1 aromatic heterocycles. The Hall–Kier alpha value is -2.89. The molecule has 30 heavy (non-hydrogen) atoms. The Morgan fingerprint density at radius 2 is 2.23 bits per heavy atom. The van der Waals surface area contributed by atoms with Crippen LogP contribution in [0.25, 0.3) is 0 Å². The van der Waals surface area contributed by atoms with E-state index in [0.29, 0.717) is 18.1 Å². The summed E-state index contributed by atoms with van der Waals surface area (Å²) in [4.78, 5) is 40.0. The van der Waals surface area contributed by atoms with Gasteiger partial charge in [0.2, 0.25) is 0 Å². The highest BCUT2D eigenvalue weighted by Crippen LogP contribution is 2.26. The van der Waals surface area contributed by atoms with E-state index in [9.17, 15) is 14.7 Å². The molecule has 11 heteroatoms. The lowest BCUT2D eigenvalue weighted by Crippen LogP contribution is -2.52. The molecular formula is C19H22FN5O4S. The molecule has 2 aliphatic rings. The van der Waals surface area contributed by atoms with E-state index in [-0.39, 0.29) is 23.9 Å². The highest BCUT2D eigenvalue weighted by molar-refractivity contribution is 7.09. The summed E-state index contributed by atoms with van der Waals surface area (Å²) in [6.45, 7) is 0.852. The molecule has 160 valence electrons. The van der Waals surface area contributed by atoms with Crippen molar-refractivity contribution in [1.82, 2.24) is 20.3 Å². The number of likely N-dealkylation sites (tertiary alicyclic amines) is 1. The first-order chi connectivity index (χ1) is 14.3. The number of halogens is 1. The molecule has 1 aromatic rings. The summed E-state index contributed by atoms with van der Waals surface area (Å²) in [5.74, 6) is -4.18. The van der Waals surface area contributed by atoms with Gasteiger partial charge in [-0.25, -0.2) is 14.4 Å². The molecule has 1 unspecified atom stereocenters. The van der Waals surface area contributed by atoms with E-state index in [1.54, 1.807) is 35.6 Å². The minimum atomic E-state index is -1.45. The third-order valence-electron chi connectivity index (χ3n) is 4.36. The summed E-state index contributed by atoms with van der Waals surface area (Å²) < 4.78 is 15.2. The van der Waals surface area contributed by atoms with Crippen molar-refractivity contribution in [2.45, 2.75) is 12.5 Å². The minimum absolute atomic E-state index is 0.00992. The zero-order valence-corrected chi connectivity index (χ0v) is 17.3. The number of carbonyl (C=O) groups excluding carboxylic acids is 1. The molecular weight excluding hydrogens is 413 g/mol. The maximum absolute atomic E-state index is 15.2. The smallest absolute Gasteiger partial charge is 0.318 e. The van der Waals surface area contributed by atoms with E-state index in [1.807, 2.05) is 0 Å². The van der Waals surface area contributed by atoms with Crippen LogP contribution in [0.3, 0.4) is 0 Å². The highest BCUT2D eigenvalue weighted by atomic mass is 32.1. The Labute approximate surface area is 176 Å². The lowest BCUT2D eigenvalue weighted by Gasteiger charge is -2.41. The van der Waals surface area contributed by atoms with Crippen molar-refractivity contribution in [2.75, 3.05) is 27.2 Å². The summed E-state index contributed by atoms with van der Waals surface area (Å²) in [6.07, 6.45) is 6.31. The molecule has 0 aliphatic carbocycles. The average molecular weight is 435 g/mol. The van der Waals surface area contributed by atoms with Crippen molar-refractivity contribution in [3.05, 3.63) is 52.2 Å². The molecule has 0 bridgehead atoms. The predicted molar refractivity (Wildman–Crippen MR) is 109 cm³/mol. The summed E-state index contributed by atoms with van der Waals surface area (Å²) in [6, 6.07) is 0. The number of aliphatic imine (C=N–C) groups is 1. The van der Waals surface area contributed by atoms with Gasteiger partial charge in [-0.1, -0.05) is 0 Å². The maximum Gasteiger partial charge on any atom is 0.318 e. The van der Waals surface area contributed by atoms with Gasteiger partial charge in [0.1, 0.15) is 12.0 Å². The first kappa shape index (κ1) is 21.8. The molecule has 3 rings (SSSR count). The number of thiazole rings is 1. The Bertz CT molecular complexity index is 904. The fourth-order valence-corrected chi connectivity index (χ4v) is 3.61. The number of allylic oxidation sites excluding steroid dienone is 3. The molecule has 3 heterocycles. The minimum Gasteiger partial charge on any atom is -0.480 e. The number of ketones is 1. The molecule has 0 radical (unpaired) electrons. The van der Waals surface area contributed by atoms with Crippen LogP contribution in [0.5, 0.6) is 0 Å². The van der Waals surface area contributed by atoms with Crippen LogP contribution in [0.4, 0.5) is 4.39 Å². The average Bonchev–Trinajstić information content (AvgIpc) is 3.15. The molecule has 9 nitrogen and oxygen atoms in total. The van der Waals surface area contributed by atoms with Crippen molar-refractivity contribution in [1.29, 1.82) is 0 Å². The van der Waals surface area contributed by atoms with Crippen LogP contribution in [0.2, 0.25) is 0 Å². The number of hydrogen-bond acceptors (Lipinski definition) is 9. The largest absolute Gasteiger partial charge is 0.480 e. The molecule has 2 N–H and O–H groups in total. The van der Waals surface area contributed by atoms with E-state index in [2.05, 4.69) is 15.3 Å². The molecule has 1 atom stereocenters. The Morgan fingerprint density at radius 1 is 1.47 bits per heavy atom. The molecule has 2 aliphatic heterocycles. The van der Waals surface area contributed by atoms with Crippen molar-refractivity contribution in [2.24, 2.45) is 10.9 Å². The van der Waals surface area contributed by atoms with Gasteiger partial charge in [0.25, 0.3) is 0 Å². The highest BCUT2D eigenvalue weighted by Gasteiger charge is 2.33. The number of rotatable bonds is 6. The Balaban J connectivity index is 1.94. The number of nitrogens with zero attached hydrogens (tertiary/aromatic N) is 4. The number of aromatic nitrogens is 1. The van der Waals surface area contributed by atoms with Crippen LogP contribution in [-0.2, 0) is 20.8 Å². The van der Waals surface area contributed by atoms with Crippen molar-refractivity contribution < 1.29 is 23.9 Å². The molecule has 1 fully saturated rings. The maximum atomic E-state index is 15.2. The van der Waals surface area contributed by atoms with Gasteiger partial charge >= 0.3 is 5.97 Å².